The fourth-order valence-electron chi connectivity index (χ4n) is 3.15. The summed E-state index contributed by atoms with van der Waals surface area (Å²) in [5.74, 6) is 0. The van der Waals surface area contributed by atoms with E-state index in [4.69, 9.17) is 0 Å². The monoisotopic (exact) mass is 388 g/mol. The Balaban J connectivity index is 2.00. The van der Waals surface area contributed by atoms with Crippen molar-refractivity contribution >= 4 is 43.6 Å². The van der Waals surface area contributed by atoms with Gasteiger partial charge in [-0.2, -0.15) is 9.78 Å². The van der Waals surface area contributed by atoms with Crippen LogP contribution < -0.4 is 5.56 Å². The predicted molar refractivity (Wildman–Crippen MR) is 94.9 cm³/mol. The van der Waals surface area contributed by atoms with Crippen LogP contribution in [0, 0.1) is 0 Å². The molecule has 0 saturated carbocycles. The number of halogens is 1. The topological polar surface area (TPSA) is 52.0 Å². The molecule has 0 bridgehead atoms. The number of fused-ring (bicyclic) bond motifs is 3. The van der Waals surface area contributed by atoms with Crippen LogP contribution in [0.1, 0.15) is 33.6 Å². The van der Waals surface area contributed by atoms with E-state index in [0.717, 1.165) is 29.2 Å². The summed E-state index contributed by atoms with van der Waals surface area (Å²) in [6, 6.07) is 5.31. The third-order valence-electron chi connectivity index (χ3n) is 4.28. The van der Waals surface area contributed by atoms with E-state index in [-0.39, 0.29) is 5.56 Å². The van der Waals surface area contributed by atoms with Crippen molar-refractivity contribution in [3.8, 4) is 5.69 Å². The van der Waals surface area contributed by atoms with E-state index in [9.17, 15) is 9.59 Å². The van der Waals surface area contributed by atoms with Crippen molar-refractivity contribution in [3.05, 3.63) is 55.2 Å². The molecule has 0 spiro atoms. The van der Waals surface area contributed by atoms with Gasteiger partial charge in [0.25, 0.3) is 5.56 Å². The molecule has 0 unspecified atom stereocenters. The maximum Gasteiger partial charge on any atom is 0.289 e. The molecule has 116 valence electrons. The van der Waals surface area contributed by atoms with Crippen molar-refractivity contribution in [1.29, 1.82) is 0 Å². The van der Waals surface area contributed by atoms with Gasteiger partial charge in [0.2, 0.25) is 0 Å². The average Bonchev–Trinajstić information content (AvgIpc) is 2.95. The number of rotatable bonds is 2. The molecule has 0 atom stereocenters. The SMILES string of the molecule is O=Cc1c(Br)cccc1-n1ncc2c3c(sc2c1=O)CCCC3. The smallest absolute Gasteiger partial charge is 0.289 e. The van der Waals surface area contributed by atoms with E-state index in [2.05, 4.69) is 21.0 Å². The number of aromatic nitrogens is 2. The van der Waals surface area contributed by atoms with Gasteiger partial charge in [-0.1, -0.05) is 6.07 Å². The van der Waals surface area contributed by atoms with Gasteiger partial charge in [-0.05, 0) is 59.3 Å². The first-order valence-electron chi connectivity index (χ1n) is 7.47. The van der Waals surface area contributed by atoms with Crippen LogP contribution in [-0.2, 0) is 12.8 Å². The molecule has 23 heavy (non-hydrogen) atoms. The van der Waals surface area contributed by atoms with Gasteiger partial charge in [0, 0.05) is 14.7 Å². The van der Waals surface area contributed by atoms with Crippen molar-refractivity contribution in [3.63, 3.8) is 0 Å². The Kier molecular flexibility index (Phi) is 3.66. The Bertz CT molecular complexity index is 990. The maximum absolute atomic E-state index is 12.9. The summed E-state index contributed by atoms with van der Waals surface area (Å²) in [7, 11) is 0. The summed E-state index contributed by atoms with van der Waals surface area (Å²) in [5, 5.41) is 5.32. The minimum atomic E-state index is -0.150. The number of thiophene rings is 1. The lowest BCUT2D eigenvalue weighted by Gasteiger charge is -2.10. The summed E-state index contributed by atoms with van der Waals surface area (Å²) >= 11 is 4.93. The highest BCUT2D eigenvalue weighted by Gasteiger charge is 2.20. The number of benzene rings is 1. The summed E-state index contributed by atoms with van der Waals surface area (Å²) in [6.07, 6.45) is 6.94. The number of aryl methyl sites for hydroxylation is 2. The quantitative estimate of drug-likeness (QED) is 0.625. The van der Waals surface area contributed by atoms with E-state index in [1.165, 1.54) is 28.0 Å². The van der Waals surface area contributed by atoms with Gasteiger partial charge >= 0.3 is 0 Å². The van der Waals surface area contributed by atoms with Crippen molar-refractivity contribution in [2.45, 2.75) is 25.7 Å². The first-order valence-corrected chi connectivity index (χ1v) is 9.08. The lowest BCUT2D eigenvalue weighted by atomic mass is 9.97. The van der Waals surface area contributed by atoms with Crippen LogP contribution >= 0.6 is 27.3 Å². The van der Waals surface area contributed by atoms with Crippen molar-refractivity contribution in [1.82, 2.24) is 9.78 Å². The fourth-order valence-corrected chi connectivity index (χ4v) is 4.89. The number of nitrogens with zero attached hydrogens (tertiary/aromatic N) is 2. The molecule has 0 fully saturated rings. The number of aldehydes is 1. The van der Waals surface area contributed by atoms with Gasteiger partial charge < -0.3 is 0 Å². The molecule has 1 aliphatic carbocycles. The van der Waals surface area contributed by atoms with E-state index < -0.39 is 0 Å². The molecule has 0 amide bonds. The Labute approximate surface area is 144 Å². The molecule has 4 nitrogen and oxygen atoms in total. The number of hydrogen-bond acceptors (Lipinski definition) is 4. The number of hydrogen-bond donors (Lipinski definition) is 0. The fraction of sp³-hybridized carbons (Fsp3) is 0.235. The predicted octanol–water partition coefficient (Wildman–Crippen LogP) is 3.90. The Hall–Kier alpha value is -1.79. The van der Waals surface area contributed by atoms with E-state index in [0.29, 0.717) is 15.7 Å². The molecule has 4 rings (SSSR count). The van der Waals surface area contributed by atoms with Crippen LogP contribution in [0.15, 0.2) is 33.7 Å². The molecule has 1 aromatic carbocycles. The molecule has 6 heteroatoms. The number of carbonyl (C=O) groups is 1. The summed E-state index contributed by atoms with van der Waals surface area (Å²) in [5.41, 5.74) is 2.08. The first-order chi connectivity index (χ1) is 11.2. The average molecular weight is 389 g/mol. The molecular weight excluding hydrogens is 376 g/mol. The zero-order valence-corrected chi connectivity index (χ0v) is 14.6. The summed E-state index contributed by atoms with van der Waals surface area (Å²) in [6.45, 7) is 0. The molecule has 0 radical (unpaired) electrons. The molecule has 0 N–H and O–H groups in total. The second kappa shape index (κ2) is 5.69. The van der Waals surface area contributed by atoms with Crippen LogP contribution in [-0.4, -0.2) is 16.1 Å². The van der Waals surface area contributed by atoms with Crippen LogP contribution in [0.4, 0.5) is 0 Å². The molecule has 0 aliphatic heterocycles. The van der Waals surface area contributed by atoms with Gasteiger partial charge in [0.15, 0.2) is 6.29 Å². The second-order valence-electron chi connectivity index (χ2n) is 5.61. The summed E-state index contributed by atoms with van der Waals surface area (Å²) < 4.78 is 2.73. The van der Waals surface area contributed by atoms with E-state index in [1.807, 2.05) is 0 Å². The lowest BCUT2D eigenvalue weighted by molar-refractivity contribution is 0.112. The summed E-state index contributed by atoms with van der Waals surface area (Å²) in [4.78, 5) is 25.6. The van der Waals surface area contributed by atoms with E-state index in [1.54, 1.807) is 35.7 Å². The van der Waals surface area contributed by atoms with E-state index >= 15 is 0 Å². The zero-order chi connectivity index (χ0) is 16.0. The third kappa shape index (κ3) is 2.28. The van der Waals surface area contributed by atoms with Crippen LogP contribution in [0.25, 0.3) is 15.8 Å². The highest BCUT2D eigenvalue weighted by molar-refractivity contribution is 9.10. The van der Waals surface area contributed by atoms with Crippen molar-refractivity contribution in [2.75, 3.05) is 0 Å². The van der Waals surface area contributed by atoms with Crippen LogP contribution in [0.2, 0.25) is 0 Å². The van der Waals surface area contributed by atoms with Crippen molar-refractivity contribution < 1.29 is 4.79 Å². The minimum absolute atomic E-state index is 0.150. The highest BCUT2D eigenvalue weighted by Crippen LogP contribution is 2.34. The molecule has 1 aliphatic rings. The lowest BCUT2D eigenvalue weighted by Crippen LogP contribution is -2.21. The first kappa shape index (κ1) is 14.8. The molecule has 0 saturated heterocycles. The molecule has 2 heterocycles. The highest BCUT2D eigenvalue weighted by atomic mass is 79.9. The Morgan fingerprint density at radius 2 is 2.09 bits per heavy atom. The van der Waals surface area contributed by atoms with Crippen molar-refractivity contribution in [2.24, 2.45) is 0 Å². The second-order valence-corrected chi connectivity index (χ2v) is 7.57. The van der Waals surface area contributed by atoms with Gasteiger partial charge in [0.05, 0.1) is 17.4 Å². The molecule has 2 aromatic heterocycles. The van der Waals surface area contributed by atoms with Gasteiger partial charge in [-0.25, -0.2) is 0 Å². The molecular formula is C17H13BrN2O2S. The Morgan fingerprint density at radius 1 is 1.26 bits per heavy atom. The van der Waals surface area contributed by atoms with Gasteiger partial charge in [0.1, 0.15) is 4.70 Å². The van der Waals surface area contributed by atoms with Gasteiger partial charge in [-0.3, -0.25) is 9.59 Å². The third-order valence-corrected chi connectivity index (χ3v) is 6.26. The zero-order valence-electron chi connectivity index (χ0n) is 12.2. The Morgan fingerprint density at radius 3 is 2.91 bits per heavy atom. The normalized spacial score (nSPS) is 14.0. The van der Waals surface area contributed by atoms with Crippen LogP contribution in [0.5, 0.6) is 0 Å². The maximum atomic E-state index is 12.9. The molecule has 3 aromatic rings. The van der Waals surface area contributed by atoms with Gasteiger partial charge in [-0.15, -0.1) is 11.3 Å². The number of carbonyl (C=O) groups excluding carboxylic acids is 1. The standard InChI is InChI=1S/C17H13BrN2O2S/c18-13-5-3-6-14(12(13)9-21)20-17(22)16-11(8-19-20)10-4-1-2-7-15(10)23-16/h3,5-6,8-9H,1-2,4,7H2. The van der Waals surface area contributed by atoms with Crippen LogP contribution in [0.3, 0.4) is 0 Å². The minimum Gasteiger partial charge on any atom is -0.298 e. The largest absolute Gasteiger partial charge is 0.298 e.